The number of para-hydroxylation sites is 1. The van der Waals surface area contributed by atoms with Crippen molar-refractivity contribution in [1.29, 1.82) is 0 Å². The summed E-state index contributed by atoms with van der Waals surface area (Å²) < 4.78 is 48.0. The fraction of sp³-hybridized carbons (Fsp3) is 0.455. The van der Waals surface area contributed by atoms with E-state index in [4.69, 9.17) is 5.14 Å². The van der Waals surface area contributed by atoms with Crippen molar-refractivity contribution in [2.24, 2.45) is 5.14 Å². The zero-order valence-electron chi connectivity index (χ0n) is 11.2. The smallest absolute Gasteiger partial charge is 0.242 e. The summed E-state index contributed by atoms with van der Waals surface area (Å²) in [6.45, 7) is 2.30. The predicted molar refractivity (Wildman–Crippen MR) is 78.4 cm³/mol. The molecule has 0 atom stereocenters. The van der Waals surface area contributed by atoms with Crippen LogP contribution in [0.15, 0.2) is 29.2 Å². The molecular weight excluding hydrogens is 302 g/mol. The molecule has 0 heterocycles. The van der Waals surface area contributed by atoms with Gasteiger partial charge in [0.1, 0.15) is 4.90 Å². The van der Waals surface area contributed by atoms with Crippen LogP contribution < -0.4 is 15.2 Å². The third kappa shape index (κ3) is 5.45. The quantitative estimate of drug-likeness (QED) is 0.586. The Morgan fingerprint density at radius 2 is 1.80 bits per heavy atom. The van der Waals surface area contributed by atoms with E-state index in [1.54, 1.807) is 25.1 Å². The lowest BCUT2D eigenvalue weighted by atomic mass is 10.3. The third-order valence-electron chi connectivity index (χ3n) is 2.43. The van der Waals surface area contributed by atoms with E-state index >= 15 is 0 Å². The number of benzene rings is 1. The second kappa shape index (κ2) is 7.02. The van der Waals surface area contributed by atoms with Gasteiger partial charge in [0.25, 0.3) is 0 Å². The molecule has 114 valence electrons. The number of rotatable bonds is 8. The molecule has 0 aliphatic carbocycles. The molecule has 0 fully saturated rings. The maximum atomic E-state index is 12.0. The van der Waals surface area contributed by atoms with Crippen molar-refractivity contribution >= 4 is 25.7 Å². The summed E-state index contributed by atoms with van der Waals surface area (Å²) in [6, 6.07) is 6.44. The van der Waals surface area contributed by atoms with Crippen molar-refractivity contribution in [3.63, 3.8) is 0 Å². The molecule has 7 nitrogen and oxygen atoms in total. The Hall–Kier alpha value is -1.16. The summed E-state index contributed by atoms with van der Waals surface area (Å²) in [5.41, 5.74) is 0.433. The van der Waals surface area contributed by atoms with Gasteiger partial charge in [-0.15, -0.1) is 0 Å². The van der Waals surface area contributed by atoms with Crippen LogP contribution in [-0.2, 0) is 20.0 Å². The number of hydrogen-bond acceptors (Lipinski definition) is 5. The maximum Gasteiger partial charge on any atom is 0.242 e. The lowest BCUT2D eigenvalue weighted by Gasteiger charge is -2.12. The molecular formula is C11H19N3O4S2. The lowest BCUT2D eigenvalue weighted by Crippen LogP contribution is -2.24. The Bertz CT molecular complexity index is 641. The van der Waals surface area contributed by atoms with Crippen LogP contribution >= 0.6 is 0 Å². The Morgan fingerprint density at radius 3 is 2.40 bits per heavy atom. The molecule has 0 radical (unpaired) electrons. The minimum atomic E-state index is -3.56. The van der Waals surface area contributed by atoms with Crippen LogP contribution in [0.25, 0.3) is 0 Å². The fourth-order valence-corrected chi connectivity index (χ4v) is 3.38. The Kier molecular flexibility index (Phi) is 5.93. The number of nitrogens with two attached hydrogens (primary N) is 1. The van der Waals surface area contributed by atoms with Gasteiger partial charge in [-0.3, -0.25) is 0 Å². The summed E-state index contributed by atoms with van der Waals surface area (Å²) in [7, 11) is -7.06. The fourth-order valence-electron chi connectivity index (χ4n) is 1.61. The van der Waals surface area contributed by atoms with Crippen LogP contribution in [0.4, 0.5) is 5.69 Å². The van der Waals surface area contributed by atoms with Gasteiger partial charge in [0.2, 0.25) is 20.0 Å². The molecule has 0 unspecified atom stereocenters. The second-order valence-corrected chi connectivity index (χ2v) is 7.61. The zero-order chi connectivity index (χ0) is 15.2. The maximum absolute atomic E-state index is 12.0. The van der Waals surface area contributed by atoms with Crippen LogP contribution in [0.1, 0.15) is 13.3 Å². The molecule has 0 spiro atoms. The number of sulfonamides is 2. The molecule has 0 aromatic heterocycles. The van der Waals surface area contributed by atoms with Crippen molar-refractivity contribution in [2.45, 2.75) is 18.2 Å². The summed E-state index contributed by atoms with van der Waals surface area (Å²) in [5.74, 6) is -0.151. The summed E-state index contributed by atoms with van der Waals surface area (Å²) in [6.07, 6.45) is 0.300. The highest BCUT2D eigenvalue weighted by Crippen LogP contribution is 2.20. The first-order valence-corrected chi connectivity index (χ1v) is 9.29. The number of primary sulfonamides is 1. The van der Waals surface area contributed by atoms with E-state index in [-0.39, 0.29) is 10.6 Å². The molecule has 0 saturated heterocycles. The highest BCUT2D eigenvalue weighted by atomic mass is 32.2. The van der Waals surface area contributed by atoms with E-state index in [2.05, 4.69) is 10.0 Å². The first-order valence-electron chi connectivity index (χ1n) is 6.09. The molecule has 0 amide bonds. The average Bonchev–Trinajstić information content (AvgIpc) is 2.34. The van der Waals surface area contributed by atoms with Crippen molar-refractivity contribution in [1.82, 2.24) is 4.72 Å². The van der Waals surface area contributed by atoms with E-state index in [0.29, 0.717) is 25.2 Å². The highest BCUT2D eigenvalue weighted by Gasteiger charge is 2.16. The van der Waals surface area contributed by atoms with Crippen molar-refractivity contribution in [3.8, 4) is 0 Å². The minimum absolute atomic E-state index is 0.137. The van der Waals surface area contributed by atoms with Crippen LogP contribution in [0.2, 0.25) is 0 Å². The van der Waals surface area contributed by atoms with Gasteiger partial charge in [0, 0.05) is 13.1 Å². The van der Waals surface area contributed by atoms with Gasteiger partial charge in [-0.2, -0.15) is 0 Å². The van der Waals surface area contributed by atoms with Crippen LogP contribution in [0.3, 0.4) is 0 Å². The molecule has 0 aliphatic rings. The van der Waals surface area contributed by atoms with E-state index in [1.807, 2.05) is 0 Å². The first kappa shape index (κ1) is 16.9. The molecule has 20 heavy (non-hydrogen) atoms. The van der Waals surface area contributed by atoms with Crippen LogP contribution in [0, 0.1) is 0 Å². The van der Waals surface area contributed by atoms with Crippen molar-refractivity contribution < 1.29 is 16.8 Å². The third-order valence-corrected chi connectivity index (χ3v) is 4.89. The SMILES string of the molecule is CCNS(=O)(=O)c1ccccc1NCCCS(N)(=O)=O. The van der Waals surface area contributed by atoms with Gasteiger partial charge in [0.05, 0.1) is 11.4 Å². The molecule has 0 aliphatic heterocycles. The number of hydrogen-bond donors (Lipinski definition) is 3. The minimum Gasteiger partial charge on any atom is -0.384 e. The molecule has 1 rings (SSSR count). The van der Waals surface area contributed by atoms with Gasteiger partial charge in [-0.25, -0.2) is 26.7 Å². The first-order chi connectivity index (χ1) is 9.26. The van der Waals surface area contributed by atoms with Crippen molar-refractivity contribution in [2.75, 3.05) is 24.2 Å². The zero-order valence-corrected chi connectivity index (χ0v) is 12.8. The van der Waals surface area contributed by atoms with E-state index in [1.165, 1.54) is 6.07 Å². The molecule has 0 bridgehead atoms. The average molecular weight is 321 g/mol. The van der Waals surface area contributed by atoms with Gasteiger partial charge >= 0.3 is 0 Å². The van der Waals surface area contributed by atoms with Crippen LogP contribution in [0.5, 0.6) is 0 Å². The Balaban J connectivity index is 2.77. The van der Waals surface area contributed by atoms with Crippen LogP contribution in [-0.4, -0.2) is 35.7 Å². The van der Waals surface area contributed by atoms with Gasteiger partial charge in [0.15, 0.2) is 0 Å². The molecule has 9 heteroatoms. The predicted octanol–water partition coefficient (Wildman–Crippen LogP) is 0.0753. The Morgan fingerprint density at radius 1 is 1.15 bits per heavy atom. The number of nitrogens with one attached hydrogen (secondary N) is 2. The largest absolute Gasteiger partial charge is 0.384 e. The normalized spacial score (nSPS) is 12.3. The number of anilines is 1. The summed E-state index contributed by atoms with van der Waals surface area (Å²) in [4.78, 5) is 0.137. The van der Waals surface area contributed by atoms with E-state index in [9.17, 15) is 16.8 Å². The van der Waals surface area contributed by atoms with Crippen molar-refractivity contribution in [3.05, 3.63) is 24.3 Å². The lowest BCUT2D eigenvalue weighted by molar-refractivity contribution is 0.583. The monoisotopic (exact) mass is 321 g/mol. The van der Waals surface area contributed by atoms with Gasteiger partial charge in [-0.1, -0.05) is 19.1 Å². The van der Waals surface area contributed by atoms with E-state index in [0.717, 1.165) is 0 Å². The summed E-state index contributed by atoms with van der Waals surface area (Å²) in [5, 5.41) is 7.80. The van der Waals surface area contributed by atoms with Gasteiger partial charge in [-0.05, 0) is 18.6 Å². The second-order valence-electron chi connectivity index (χ2n) is 4.14. The Labute approximate surface area is 119 Å². The molecule has 4 N–H and O–H groups in total. The molecule has 1 aromatic carbocycles. The molecule has 1 aromatic rings. The summed E-state index contributed by atoms with van der Waals surface area (Å²) >= 11 is 0. The molecule has 0 saturated carbocycles. The van der Waals surface area contributed by atoms with Gasteiger partial charge < -0.3 is 5.32 Å². The van der Waals surface area contributed by atoms with E-state index < -0.39 is 20.0 Å². The standard InChI is InChI=1S/C11H19N3O4S2/c1-2-14-20(17,18)11-7-4-3-6-10(11)13-8-5-9-19(12,15)16/h3-4,6-7,13-14H,2,5,8-9H2,1H3,(H2,12,15,16). The topological polar surface area (TPSA) is 118 Å². The highest BCUT2D eigenvalue weighted by molar-refractivity contribution is 7.89.